The van der Waals surface area contributed by atoms with Crippen molar-refractivity contribution in [2.45, 2.75) is 6.92 Å². The SMILES string of the molecule is COc1ccc(-c2n[nH]c(C)c2NC(=O)c2ccc3c(c2)OCO3)cc1. The van der Waals surface area contributed by atoms with Crippen molar-refractivity contribution in [3.8, 4) is 28.5 Å². The third-order valence-corrected chi connectivity index (χ3v) is 4.18. The van der Waals surface area contributed by atoms with Crippen LogP contribution < -0.4 is 19.5 Å². The second-order valence-electron chi connectivity index (χ2n) is 5.82. The molecule has 1 aromatic heterocycles. The van der Waals surface area contributed by atoms with Gasteiger partial charge in [-0.15, -0.1) is 0 Å². The zero-order valence-corrected chi connectivity index (χ0v) is 14.3. The fourth-order valence-electron chi connectivity index (χ4n) is 2.76. The molecule has 2 aromatic carbocycles. The number of carbonyl (C=O) groups excluding carboxylic acids is 1. The number of ether oxygens (including phenoxy) is 3. The molecule has 0 unspecified atom stereocenters. The molecule has 0 saturated carbocycles. The summed E-state index contributed by atoms with van der Waals surface area (Å²) in [5.41, 5.74) is 3.42. The molecule has 7 heteroatoms. The average molecular weight is 351 g/mol. The Morgan fingerprint density at radius 3 is 2.69 bits per heavy atom. The molecule has 0 spiro atoms. The molecule has 1 amide bonds. The van der Waals surface area contributed by atoms with E-state index in [1.807, 2.05) is 31.2 Å². The van der Waals surface area contributed by atoms with E-state index in [-0.39, 0.29) is 12.7 Å². The Labute approximate surface area is 149 Å². The quantitative estimate of drug-likeness (QED) is 0.753. The molecule has 2 heterocycles. The van der Waals surface area contributed by atoms with Gasteiger partial charge in [-0.25, -0.2) is 0 Å². The molecule has 0 bridgehead atoms. The Balaban J connectivity index is 1.62. The normalized spacial score (nSPS) is 12.1. The number of rotatable bonds is 4. The molecule has 0 atom stereocenters. The van der Waals surface area contributed by atoms with E-state index in [0.717, 1.165) is 17.0 Å². The number of hydrogen-bond donors (Lipinski definition) is 2. The number of nitrogens with zero attached hydrogens (tertiary/aromatic N) is 1. The van der Waals surface area contributed by atoms with E-state index in [2.05, 4.69) is 15.5 Å². The Bertz CT molecular complexity index is 963. The van der Waals surface area contributed by atoms with E-state index in [4.69, 9.17) is 14.2 Å². The first kappa shape index (κ1) is 16.0. The van der Waals surface area contributed by atoms with Crippen LogP contribution in [0.4, 0.5) is 5.69 Å². The number of nitrogens with one attached hydrogen (secondary N) is 2. The summed E-state index contributed by atoms with van der Waals surface area (Å²) in [5, 5.41) is 10.2. The number of methoxy groups -OCH3 is 1. The summed E-state index contributed by atoms with van der Waals surface area (Å²) in [5.74, 6) is 1.71. The van der Waals surface area contributed by atoms with Crippen LogP contribution in [0.3, 0.4) is 0 Å². The molecule has 132 valence electrons. The minimum atomic E-state index is -0.248. The first-order chi connectivity index (χ1) is 12.7. The number of aryl methyl sites for hydroxylation is 1. The zero-order chi connectivity index (χ0) is 18.1. The van der Waals surface area contributed by atoms with Gasteiger partial charge < -0.3 is 19.5 Å². The van der Waals surface area contributed by atoms with E-state index < -0.39 is 0 Å². The molecule has 3 aromatic rings. The third kappa shape index (κ3) is 2.83. The summed E-state index contributed by atoms with van der Waals surface area (Å²) in [7, 11) is 1.62. The van der Waals surface area contributed by atoms with Gasteiger partial charge in [-0.2, -0.15) is 5.10 Å². The minimum Gasteiger partial charge on any atom is -0.497 e. The summed E-state index contributed by atoms with van der Waals surface area (Å²) >= 11 is 0. The van der Waals surface area contributed by atoms with Crippen molar-refractivity contribution in [3.63, 3.8) is 0 Å². The van der Waals surface area contributed by atoms with Crippen molar-refractivity contribution in [1.29, 1.82) is 0 Å². The molecular weight excluding hydrogens is 334 g/mol. The summed E-state index contributed by atoms with van der Waals surface area (Å²) in [6.45, 7) is 2.03. The highest BCUT2D eigenvalue weighted by molar-refractivity contribution is 6.06. The van der Waals surface area contributed by atoms with E-state index >= 15 is 0 Å². The monoisotopic (exact) mass is 351 g/mol. The van der Waals surface area contributed by atoms with Crippen LogP contribution >= 0.6 is 0 Å². The Morgan fingerprint density at radius 1 is 1.15 bits per heavy atom. The van der Waals surface area contributed by atoms with E-state index in [0.29, 0.717) is 28.4 Å². The largest absolute Gasteiger partial charge is 0.497 e. The van der Waals surface area contributed by atoms with Gasteiger partial charge in [-0.3, -0.25) is 9.89 Å². The highest BCUT2D eigenvalue weighted by Gasteiger charge is 2.19. The van der Waals surface area contributed by atoms with Gasteiger partial charge in [-0.05, 0) is 49.4 Å². The Kier molecular flexibility index (Phi) is 3.96. The smallest absolute Gasteiger partial charge is 0.255 e. The van der Waals surface area contributed by atoms with Crippen molar-refractivity contribution in [3.05, 3.63) is 53.7 Å². The summed E-state index contributed by atoms with van der Waals surface area (Å²) in [6, 6.07) is 12.6. The van der Waals surface area contributed by atoms with Gasteiger partial charge in [0.2, 0.25) is 6.79 Å². The number of aromatic nitrogens is 2. The van der Waals surface area contributed by atoms with E-state index in [9.17, 15) is 4.79 Å². The Hall–Kier alpha value is -3.48. The maximum Gasteiger partial charge on any atom is 0.255 e. The minimum absolute atomic E-state index is 0.170. The van der Waals surface area contributed by atoms with Crippen molar-refractivity contribution in [2.24, 2.45) is 0 Å². The third-order valence-electron chi connectivity index (χ3n) is 4.18. The number of H-pyrrole nitrogens is 1. The zero-order valence-electron chi connectivity index (χ0n) is 14.3. The van der Waals surface area contributed by atoms with Gasteiger partial charge in [0.1, 0.15) is 11.4 Å². The maximum atomic E-state index is 12.7. The molecule has 1 aliphatic rings. The molecule has 0 saturated heterocycles. The van der Waals surface area contributed by atoms with Gasteiger partial charge in [0, 0.05) is 11.1 Å². The predicted octanol–water partition coefficient (Wildman–Crippen LogP) is 3.37. The van der Waals surface area contributed by atoms with Gasteiger partial charge in [0.05, 0.1) is 18.5 Å². The summed E-state index contributed by atoms with van der Waals surface area (Å²) < 4.78 is 15.8. The average Bonchev–Trinajstić information content (AvgIpc) is 3.28. The first-order valence-electron chi connectivity index (χ1n) is 8.06. The van der Waals surface area contributed by atoms with Gasteiger partial charge in [0.15, 0.2) is 11.5 Å². The van der Waals surface area contributed by atoms with Crippen molar-refractivity contribution in [2.75, 3.05) is 19.2 Å². The molecule has 0 fully saturated rings. The fourth-order valence-corrected chi connectivity index (χ4v) is 2.76. The van der Waals surface area contributed by atoms with Crippen LogP contribution in [0.25, 0.3) is 11.3 Å². The number of amides is 1. The molecule has 4 rings (SSSR count). The van der Waals surface area contributed by atoms with Crippen LogP contribution in [0.15, 0.2) is 42.5 Å². The van der Waals surface area contributed by atoms with E-state index in [1.165, 1.54) is 0 Å². The lowest BCUT2D eigenvalue weighted by Gasteiger charge is -2.08. The van der Waals surface area contributed by atoms with Crippen LogP contribution in [0.2, 0.25) is 0 Å². The highest BCUT2D eigenvalue weighted by atomic mass is 16.7. The van der Waals surface area contributed by atoms with Gasteiger partial charge in [0.25, 0.3) is 5.91 Å². The lowest BCUT2D eigenvalue weighted by Crippen LogP contribution is -2.12. The first-order valence-corrected chi connectivity index (χ1v) is 8.06. The lowest BCUT2D eigenvalue weighted by atomic mass is 10.1. The topological polar surface area (TPSA) is 85.5 Å². The molecular formula is C19H17N3O4. The number of benzene rings is 2. The van der Waals surface area contributed by atoms with Gasteiger partial charge in [-0.1, -0.05) is 0 Å². The Morgan fingerprint density at radius 2 is 1.92 bits per heavy atom. The second-order valence-corrected chi connectivity index (χ2v) is 5.82. The number of fused-ring (bicyclic) bond motifs is 1. The van der Waals surface area contributed by atoms with Crippen LogP contribution in [0, 0.1) is 6.92 Å². The molecule has 7 nitrogen and oxygen atoms in total. The second kappa shape index (κ2) is 6.44. The summed E-state index contributed by atoms with van der Waals surface area (Å²) in [4.78, 5) is 12.7. The predicted molar refractivity (Wildman–Crippen MR) is 95.8 cm³/mol. The standard InChI is InChI=1S/C19H17N3O4/c1-11-17(18(22-21-11)12-3-6-14(24-2)7-4-12)20-19(23)13-5-8-15-16(9-13)26-10-25-15/h3-9H,10H2,1-2H3,(H,20,23)(H,21,22). The summed E-state index contributed by atoms with van der Waals surface area (Å²) in [6.07, 6.45) is 0. The number of carbonyl (C=O) groups is 1. The molecule has 0 aliphatic carbocycles. The number of aromatic amines is 1. The van der Waals surface area contributed by atoms with E-state index in [1.54, 1.807) is 25.3 Å². The van der Waals surface area contributed by atoms with Crippen molar-refractivity contribution < 1.29 is 19.0 Å². The number of hydrogen-bond acceptors (Lipinski definition) is 5. The van der Waals surface area contributed by atoms with Crippen LogP contribution in [0.5, 0.6) is 17.2 Å². The maximum absolute atomic E-state index is 12.7. The molecule has 2 N–H and O–H groups in total. The highest BCUT2D eigenvalue weighted by Crippen LogP contribution is 2.34. The molecule has 1 aliphatic heterocycles. The number of anilines is 1. The lowest BCUT2D eigenvalue weighted by molar-refractivity contribution is 0.102. The van der Waals surface area contributed by atoms with Crippen LogP contribution in [-0.4, -0.2) is 30.0 Å². The van der Waals surface area contributed by atoms with Crippen molar-refractivity contribution >= 4 is 11.6 Å². The molecule has 26 heavy (non-hydrogen) atoms. The van der Waals surface area contributed by atoms with Gasteiger partial charge >= 0.3 is 0 Å². The van der Waals surface area contributed by atoms with Crippen LogP contribution in [0.1, 0.15) is 16.1 Å². The fraction of sp³-hybridized carbons (Fsp3) is 0.158. The van der Waals surface area contributed by atoms with Crippen LogP contribution in [-0.2, 0) is 0 Å². The molecule has 0 radical (unpaired) electrons. The van der Waals surface area contributed by atoms with Crippen molar-refractivity contribution in [1.82, 2.24) is 10.2 Å².